The van der Waals surface area contributed by atoms with Crippen molar-refractivity contribution in [2.75, 3.05) is 6.54 Å². The Morgan fingerprint density at radius 2 is 2.26 bits per heavy atom. The second-order valence-electron chi connectivity index (χ2n) is 3.76. The van der Waals surface area contributed by atoms with E-state index in [1.54, 1.807) is 13.0 Å². The van der Waals surface area contributed by atoms with Crippen molar-refractivity contribution in [3.63, 3.8) is 0 Å². The molecular weight excluding hydrogens is 270 g/mol. The summed E-state index contributed by atoms with van der Waals surface area (Å²) in [5, 5.41) is 17.1. The number of nitrogens with zero attached hydrogens (tertiary/aromatic N) is 2. The van der Waals surface area contributed by atoms with Crippen LogP contribution in [0.3, 0.4) is 0 Å². The summed E-state index contributed by atoms with van der Waals surface area (Å²) in [4.78, 5) is 26.2. The third kappa shape index (κ3) is 3.38. The zero-order valence-electron chi connectivity index (χ0n) is 10.0. The van der Waals surface area contributed by atoms with Crippen molar-refractivity contribution in [1.82, 2.24) is 15.5 Å². The lowest BCUT2D eigenvalue weighted by molar-refractivity contribution is 0.0690. The van der Waals surface area contributed by atoms with Gasteiger partial charge in [0.15, 0.2) is 11.4 Å². The van der Waals surface area contributed by atoms with Gasteiger partial charge in [-0.3, -0.25) is 4.79 Å². The van der Waals surface area contributed by atoms with Crippen LogP contribution < -0.4 is 5.32 Å². The molecule has 1 amide bonds. The Hall–Kier alpha value is -2.22. The van der Waals surface area contributed by atoms with E-state index >= 15 is 0 Å². The number of hydrogen-bond donors (Lipinski definition) is 2. The molecule has 0 spiro atoms. The van der Waals surface area contributed by atoms with Gasteiger partial charge in [-0.2, -0.15) is 0 Å². The molecule has 2 N–H and O–H groups in total. The Bertz CT molecular complexity index is 605. The summed E-state index contributed by atoms with van der Waals surface area (Å²) < 4.78 is 4.79. The van der Waals surface area contributed by atoms with E-state index in [4.69, 9.17) is 9.63 Å². The van der Waals surface area contributed by atoms with E-state index < -0.39 is 5.97 Å². The molecule has 0 aromatic carbocycles. The van der Waals surface area contributed by atoms with Gasteiger partial charge in [0.05, 0.1) is 5.01 Å². The second kappa shape index (κ2) is 5.61. The van der Waals surface area contributed by atoms with Crippen LogP contribution in [0.5, 0.6) is 0 Å². The fourth-order valence-corrected chi connectivity index (χ4v) is 2.14. The summed E-state index contributed by atoms with van der Waals surface area (Å²) >= 11 is 1.25. The first-order valence-corrected chi connectivity index (χ1v) is 6.33. The molecule has 0 fully saturated rings. The van der Waals surface area contributed by atoms with Gasteiger partial charge in [-0.1, -0.05) is 5.16 Å². The molecule has 0 bridgehead atoms. The summed E-state index contributed by atoms with van der Waals surface area (Å²) in [7, 11) is 0. The first-order valence-electron chi connectivity index (χ1n) is 5.45. The quantitative estimate of drug-likeness (QED) is 0.850. The highest BCUT2D eigenvalue weighted by Gasteiger charge is 2.11. The Balaban J connectivity index is 1.83. The molecular formula is C11H11N3O4S. The molecule has 0 unspecified atom stereocenters. The predicted molar refractivity (Wildman–Crippen MR) is 66.4 cm³/mol. The lowest BCUT2D eigenvalue weighted by Gasteiger charge is -1.99. The fourth-order valence-electron chi connectivity index (χ4n) is 1.37. The number of aromatic carboxylic acids is 1. The van der Waals surface area contributed by atoms with Crippen molar-refractivity contribution in [1.29, 1.82) is 0 Å². The van der Waals surface area contributed by atoms with Crippen molar-refractivity contribution >= 4 is 23.2 Å². The van der Waals surface area contributed by atoms with Gasteiger partial charge in [-0.25, -0.2) is 9.78 Å². The van der Waals surface area contributed by atoms with E-state index in [2.05, 4.69) is 15.5 Å². The molecule has 8 heteroatoms. The van der Waals surface area contributed by atoms with E-state index in [1.165, 1.54) is 16.7 Å². The SMILES string of the molecule is Cc1cc(C(=O)NCCc2nc(C(=O)O)cs2)no1. The zero-order chi connectivity index (χ0) is 13.8. The number of rotatable bonds is 5. The molecule has 2 heterocycles. The van der Waals surface area contributed by atoms with E-state index in [-0.39, 0.29) is 17.3 Å². The van der Waals surface area contributed by atoms with Crippen LogP contribution in [0.4, 0.5) is 0 Å². The van der Waals surface area contributed by atoms with Gasteiger partial charge >= 0.3 is 5.97 Å². The molecule has 2 aromatic rings. The Labute approximate surface area is 112 Å². The van der Waals surface area contributed by atoms with Gasteiger partial charge in [0.1, 0.15) is 5.76 Å². The lowest BCUT2D eigenvalue weighted by atomic mass is 10.3. The number of hydrogen-bond acceptors (Lipinski definition) is 6. The van der Waals surface area contributed by atoms with Gasteiger partial charge in [-0.15, -0.1) is 11.3 Å². The zero-order valence-corrected chi connectivity index (χ0v) is 10.9. The fraction of sp³-hybridized carbons (Fsp3) is 0.273. The summed E-state index contributed by atoms with van der Waals surface area (Å²) in [6.07, 6.45) is 0.473. The van der Waals surface area contributed by atoms with Crippen LogP contribution in [0.15, 0.2) is 16.0 Å². The number of thiazole rings is 1. The van der Waals surface area contributed by atoms with Crippen molar-refractivity contribution in [2.45, 2.75) is 13.3 Å². The Morgan fingerprint density at radius 1 is 1.47 bits per heavy atom. The average Bonchev–Trinajstić information content (AvgIpc) is 2.98. The van der Waals surface area contributed by atoms with Crippen LogP contribution in [-0.2, 0) is 6.42 Å². The predicted octanol–water partition coefficient (Wildman–Crippen LogP) is 1.11. The molecule has 2 rings (SSSR count). The van der Waals surface area contributed by atoms with Crippen molar-refractivity contribution in [2.24, 2.45) is 0 Å². The van der Waals surface area contributed by atoms with E-state index in [1.807, 2.05) is 0 Å². The molecule has 7 nitrogen and oxygen atoms in total. The third-order valence-electron chi connectivity index (χ3n) is 2.26. The van der Waals surface area contributed by atoms with Crippen LogP contribution in [0, 0.1) is 6.92 Å². The molecule has 0 saturated heterocycles. The summed E-state index contributed by atoms with van der Waals surface area (Å²) in [5.41, 5.74) is 0.251. The van der Waals surface area contributed by atoms with Gasteiger partial charge in [0, 0.05) is 24.4 Å². The molecule has 0 aliphatic carbocycles. The van der Waals surface area contributed by atoms with Gasteiger partial charge in [-0.05, 0) is 6.92 Å². The van der Waals surface area contributed by atoms with Gasteiger partial charge < -0.3 is 14.9 Å². The maximum Gasteiger partial charge on any atom is 0.355 e. The second-order valence-corrected chi connectivity index (χ2v) is 4.70. The van der Waals surface area contributed by atoms with Gasteiger partial charge in [0.2, 0.25) is 0 Å². The van der Waals surface area contributed by atoms with Crippen LogP contribution in [0.1, 0.15) is 31.7 Å². The first-order chi connectivity index (χ1) is 9.06. The largest absolute Gasteiger partial charge is 0.476 e. The number of carbonyl (C=O) groups excluding carboxylic acids is 1. The number of carboxylic acid groups (broad SMARTS) is 1. The van der Waals surface area contributed by atoms with Crippen molar-refractivity contribution < 1.29 is 19.2 Å². The standard InChI is InChI=1S/C11H11N3O4S/c1-6-4-7(14-18-6)10(15)12-3-2-9-13-8(5-19-9)11(16)17/h4-5H,2-3H2,1H3,(H,12,15)(H,16,17). The molecule has 0 aliphatic heterocycles. The molecule has 100 valence electrons. The smallest absolute Gasteiger partial charge is 0.355 e. The Kier molecular flexibility index (Phi) is 3.91. The van der Waals surface area contributed by atoms with Crippen molar-refractivity contribution in [3.8, 4) is 0 Å². The molecule has 0 atom stereocenters. The minimum absolute atomic E-state index is 0.0263. The monoisotopic (exact) mass is 281 g/mol. The normalized spacial score (nSPS) is 10.4. The highest BCUT2D eigenvalue weighted by molar-refractivity contribution is 7.09. The number of nitrogens with one attached hydrogen (secondary N) is 1. The third-order valence-corrected chi connectivity index (χ3v) is 3.16. The highest BCUT2D eigenvalue weighted by Crippen LogP contribution is 2.10. The van der Waals surface area contributed by atoms with Crippen LogP contribution in [0.25, 0.3) is 0 Å². The summed E-state index contributed by atoms with van der Waals surface area (Å²) in [6, 6.07) is 1.54. The molecule has 0 saturated carbocycles. The minimum Gasteiger partial charge on any atom is -0.476 e. The minimum atomic E-state index is -1.05. The number of amides is 1. The summed E-state index contributed by atoms with van der Waals surface area (Å²) in [6.45, 7) is 2.06. The molecule has 19 heavy (non-hydrogen) atoms. The number of carboxylic acids is 1. The van der Waals surface area contributed by atoms with Crippen LogP contribution in [0.2, 0.25) is 0 Å². The first kappa shape index (κ1) is 13.2. The molecule has 0 aliphatic rings. The van der Waals surface area contributed by atoms with E-state index in [0.717, 1.165) is 0 Å². The topological polar surface area (TPSA) is 105 Å². The van der Waals surface area contributed by atoms with Crippen LogP contribution in [-0.4, -0.2) is 33.7 Å². The van der Waals surface area contributed by atoms with Gasteiger partial charge in [0.25, 0.3) is 5.91 Å². The molecule has 0 radical (unpaired) electrons. The lowest BCUT2D eigenvalue weighted by Crippen LogP contribution is -2.25. The average molecular weight is 281 g/mol. The maximum absolute atomic E-state index is 11.6. The highest BCUT2D eigenvalue weighted by atomic mass is 32.1. The van der Waals surface area contributed by atoms with Crippen molar-refractivity contribution in [3.05, 3.63) is 33.6 Å². The number of carbonyl (C=O) groups is 2. The number of aromatic nitrogens is 2. The maximum atomic E-state index is 11.6. The number of aryl methyl sites for hydroxylation is 1. The Morgan fingerprint density at radius 3 is 2.84 bits per heavy atom. The van der Waals surface area contributed by atoms with Crippen LogP contribution >= 0.6 is 11.3 Å². The van der Waals surface area contributed by atoms with E-state index in [0.29, 0.717) is 23.7 Å². The summed E-state index contributed by atoms with van der Waals surface area (Å²) in [5.74, 6) is -0.812. The molecule has 2 aromatic heterocycles. The van der Waals surface area contributed by atoms with E-state index in [9.17, 15) is 9.59 Å².